The number of aliphatic hydroxyl groups excluding tert-OH is 1. The molecule has 1 heterocycles. The van der Waals surface area contributed by atoms with Crippen molar-refractivity contribution in [1.82, 2.24) is 10.3 Å². The summed E-state index contributed by atoms with van der Waals surface area (Å²) in [7, 11) is -3.67. The van der Waals surface area contributed by atoms with Gasteiger partial charge in [-0.2, -0.15) is 17.2 Å². The highest BCUT2D eigenvalue weighted by atomic mass is 32.2. The van der Waals surface area contributed by atoms with Gasteiger partial charge < -0.3 is 25.3 Å². The van der Waals surface area contributed by atoms with Crippen molar-refractivity contribution < 1.29 is 36.7 Å². The van der Waals surface area contributed by atoms with Crippen LogP contribution in [0.4, 0.5) is 8.78 Å². The van der Waals surface area contributed by atoms with E-state index in [1.165, 1.54) is 24.3 Å². The summed E-state index contributed by atoms with van der Waals surface area (Å²) in [4.78, 5) is 14.1. The van der Waals surface area contributed by atoms with Crippen LogP contribution in [-0.4, -0.2) is 60.7 Å². The number of halogens is 2. The number of aliphatic hydroxyl groups is 1. The number of phenols is 1. The van der Waals surface area contributed by atoms with Gasteiger partial charge in [0.1, 0.15) is 12.4 Å². The number of aromatic nitrogens is 1. The van der Waals surface area contributed by atoms with E-state index >= 15 is 0 Å². The van der Waals surface area contributed by atoms with Crippen LogP contribution in [0.25, 0.3) is 10.9 Å². The van der Waals surface area contributed by atoms with Crippen LogP contribution in [0.1, 0.15) is 42.9 Å². The van der Waals surface area contributed by atoms with Crippen molar-refractivity contribution in [2.24, 2.45) is 0 Å². The van der Waals surface area contributed by atoms with E-state index in [4.69, 9.17) is 9.29 Å². The number of rotatable bonds is 13. The number of phenolic OH excluding ortho intramolecular Hbond substituents is 1. The average Bonchev–Trinajstić information content (AvgIpc) is 2.85. The fraction of sp³-hybridized carbons (Fsp3) is 0.423. The lowest BCUT2D eigenvalue weighted by Gasteiger charge is -2.16. The second-order valence-electron chi connectivity index (χ2n) is 8.78. The molecule has 0 saturated heterocycles. The topological polar surface area (TPSA) is 149 Å². The third kappa shape index (κ3) is 11.2. The van der Waals surface area contributed by atoms with Crippen molar-refractivity contribution in [2.45, 2.75) is 37.7 Å². The summed E-state index contributed by atoms with van der Waals surface area (Å²) in [6.45, 7) is 0.717. The number of nitrogens with one attached hydrogen (secondary N) is 2. The Kier molecular flexibility index (Phi) is 12.3. The first-order chi connectivity index (χ1) is 17.9. The molecule has 0 aliphatic heterocycles. The Morgan fingerprint density at radius 2 is 1.68 bits per heavy atom. The minimum absolute atomic E-state index is 0.0353. The van der Waals surface area contributed by atoms with E-state index < -0.39 is 28.8 Å². The maximum Gasteiger partial charge on any atom is 0.296 e. The number of fused-ring (bicyclic) bond motifs is 1. The van der Waals surface area contributed by atoms with Crippen molar-refractivity contribution in [3.05, 3.63) is 76.1 Å². The molecule has 0 bridgehead atoms. The molecular weight excluding hydrogens is 522 g/mol. The smallest absolute Gasteiger partial charge is 0.296 e. The third-order valence-electron chi connectivity index (χ3n) is 5.48. The molecular formula is C26H34F2N2O7S. The number of H-pyrrole nitrogens is 1. The first-order valence-electron chi connectivity index (χ1n) is 12.1. The van der Waals surface area contributed by atoms with E-state index in [-0.39, 0.29) is 16.9 Å². The van der Waals surface area contributed by atoms with Gasteiger partial charge in [-0.25, -0.2) is 0 Å². The molecule has 0 unspecified atom stereocenters. The van der Waals surface area contributed by atoms with E-state index in [1.807, 2.05) is 0 Å². The van der Waals surface area contributed by atoms with Crippen LogP contribution in [0.15, 0.2) is 59.4 Å². The molecule has 0 aliphatic rings. The summed E-state index contributed by atoms with van der Waals surface area (Å²) in [6, 6.07) is 13.7. The predicted octanol–water partition coefficient (Wildman–Crippen LogP) is 3.73. The zero-order valence-corrected chi connectivity index (χ0v) is 21.9. The molecule has 210 valence electrons. The molecule has 0 amide bonds. The molecule has 3 rings (SSSR count). The summed E-state index contributed by atoms with van der Waals surface area (Å²) in [5, 5.41) is 24.2. The van der Waals surface area contributed by atoms with Crippen molar-refractivity contribution in [3.63, 3.8) is 0 Å². The van der Waals surface area contributed by atoms with Gasteiger partial charge in [-0.1, -0.05) is 49.2 Å². The van der Waals surface area contributed by atoms with Crippen molar-refractivity contribution in [3.8, 4) is 5.75 Å². The highest BCUT2D eigenvalue weighted by Crippen LogP contribution is 2.29. The SMILES string of the molecule is CS(=O)(=O)O.O=c1ccc2c([C@@H](O)CNCCCCCCOCC(F)(F)c3ccccc3)ccc(O)c2[nH]1. The van der Waals surface area contributed by atoms with E-state index in [2.05, 4.69) is 10.3 Å². The van der Waals surface area contributed by atoms with E-state index in [0.717, 1.165) is 19.3 Å². The van der Waals surface area contributed by atoms with Crippen LogP contribution < -0.4 is 10.9 Å². The maximum atomic E-state index is 14.0. The number of benzene rings is 2. The van der Waals surface area contributed by atoms with E-state index in [0.29, 0.717) is 48.8 Å². The zero-order valence-electron chi connectivity index (χ0n) is 21.1. The van der Waals surface area contributed by atoms with Crippen LogP contribution >= 0.6 is 0 Å². The molecule has 9 nitrogen and oxygen atoms in total. The largest absolute Gasteiger partial charge is 0.506 e. The summed E-state index contributed by atoms with van der Waals surface area (Å²) in [6.07, 6.45) is 3.32. The van der Waals surface area contributed by atoms with Crippen molar-refractivity contribution in [1.29, 1.82) is 0 Å². The Morgan fingerprint density at radius 1 is 1.03 bits per heavy atom. The number of aromatic hydroxyl groups is 1. The molecule has 12 heteroatoms. The molecule has 3 aromatic rings. The number of pyridine rings is 1. The molecule has 0 aliphatic carbocycles. The quantitative estimate of drug-likeness (QED) is 0.158. The number of unbranched alkanes of at least 4 members (excludes halogenated alkanes) is 3. The van der Waals surface area contributed by atoms with Gasteiger partial charge in [0.05, 0.1) is 17.9 Å². The third-order valence-corrected chi connectivity index (χ3v) is 5.48. The summed E-state index contributed by atoms with van der Waals surface area (Å²) in [5.74, 6) is -3.02. The number of hydrogen-bond acceptors (Lipinski definition) is 7. The molecule has 0 fully saturated rings. The van der Waals surface area contributed by atoms with Crippen molar-refractivity contribution in [2.75, 3.05) is 32.6 Å². The fourth-order valence-electron chi connectivity index (χ4n) is 3.67. The van der Waals surface area contributed by atoms with Gasteiger partial charge in [0.2, 0.25) is 5.56 Å². The second kappa shape index (κ2) is 14.9. The second-order valence-corrected chi connectivity index (χ2v) is 10.2. The predicted molar refractivity (Wildman–Crippen MR) is 141 cm³/mol. The summed E-state index contributed by atoms with van der Waals surface area (Å²) in [5.41, 5.74) is 0.573. The number of alkyl halides is 2. The zero-order chi connectivity index (χ0) is 28.2. The minimum Gasteiger partial charge on any atom is -0.506 e. The van der Waals surface area contributed by atoms with Gasteiger partial charge in [0, 0.05) is 30.2 Å². The molecule has 0 saturated carbocycles. The van der Waals surface area contributed by atoms with Gasteiger partial charge in [-0.3, -0.25) is 9.35 Å². The molecule has 0 radical (unpaired) electrons. The van der Waals surface area contributed by atoms with Crippen LogP contribution in [0.5, 0.6) is 5.75 Å². The molecule has 5 N–H and O–H groups in total. The van der Waals surface area contributed by atoms with Gasteiger partial charge in [-0.05, 0) is 37.1 Å². The average molecular weight is 557 g/mol. The monoisotopic (exact) mass is 556 g/mol. The Bertz CT molecular complexity index is 1290. The van der Waals surface area contributed by atoms with Crippen LogP contribution in [0, 0.1) is 0 Å². The summed E-state index contributed by atoms with van der Waals surface area (Å²) < 4.78 is 59.0. The first kappa shape index (κ1) is 31.3. The Labute approximate surface area is 220 Å². The van der Waals surface area contributed by atoms with Crippen LogP contribution in [-0.2, 0) is 20.8 Å². The molecule has 1 aromatic heterocycles. The number of hydrogen-bond donors (Lipinski definition) is 5. The van der Waals surface area contributed by atoms with Crippen molar-refractivity contribution >= 4 is 21.0 Å². The molecule has 2 aromatic carbocycles. The summed E-state index contributed by atoms with van der Waals surface area (Å²) >= 11 is 0. The van der Waals surface area contributed by atoms with E-state index in [9.17, 15) is 32.2 Å². The van der Waals surface area contributed by atoms with Gasteiger partial charge in [0.15, 0.2) is 0 Å². The maximum absolute atomic E-state index is 14.0. The lowest BCUT2D eigenvalue weighted by Crippen LogP contribution is -2.23. The van der Waals surface area contributed by atoms with Crippen LogP contribution in [0.3, 0.4) is 0 Å². The lowest BCUT2D eigenvalue weighted by molar-refractivity contribution is -0.0831. The standard InChI is InChI=1S/C25H30F2N2O4.CH4O3S/c26-25(27,18-8-4-3-5-9-18)17-33-15-7-2-1-6-14-28-16-22(31)19-10-12-21(30)24-20(19)11-13-23(32)29-24;1-5(2,3)4/h3-5,8-13,22,28,30-31H,1-2,6-7,14-17H2,(H,29,32);1H3,(H,2,3,4)/t22-;/m0./s1. The molecule has 1 atom stereocenters. The Morgan fingerprint density at radius 3 is 2.37 bits per heavy atom. The lowest BCUT2D eigenvalue weighted by atomic mass is 10.0. The normalized spacial score (nSPS) is 12.7. The van der Waals surface area contributed by atoms with Gasteiger partial charge in [-0.15, -0.1) is 0 Å². The van der Waals surface area contributed by atoms with E-state index in [1.54, 1.807) is 30.3 Å². The number of aromatic amines is 1. The van der Waals surface area contributed by atoms with Gasteiger partial charge >= 0.3 is 0 Å². The Balaban J connectivity index is 0.000000926. The Hall–Kier alpha value is -2.90. The fourth-order valence-corrected chi connectivity index (χ4v) is 3.67. The first-order valence-corrected chi connectivity index (χ1v) is 13.9. The number of ether oxygens (including phenoxy) is 1. The highest BCUT2D eigenvalue weighted by Gasteiger charge is 2.31. The molecule has 0 spiro atoms. The van der Waals surface area contributed by atoms with Crippen LogP contribution in [0.2, 0.25) is 0 Å². The van der Waals surface area contributed by atoms with Gasteiger partial charge in [0.25, 0.3) is 16.0 Å². The highest BCUT2D eigenvalue weighted by molar-refractivity contribution is 7.85. The molecule has 38 heavy (non-hydrogen) atoms. The minimum atomic E-state index is -3.67.